The molecular formula is C16H17ClN4O2. The molecule has 120 valence electrons. The highest BCUT2D eigenvalue weighted by Gasteiger charge is 2.40. The van der Waals surface area contributed by atoms with E-state index in [4.69, 9.17) is 16.1 Å². The van der Waals surface area contributed by atoms with E-state index in [0.29, 0.717) is 17.7 Å². The topological polar surface area (TPSA) is 80.1 Å². The summed E-state index contributed by atoms with van der Waals surface area (Å²) < 4.78 is 5.12. The minimum absolute atomic E-state index is 0.125. The lowest BCUT2D eigenvalue weighted by Gasteiger charge is -2.06. The number of urea groups is 1. The number of hydrogen-bond donors (Lipinski definition) is 2. The molecule has 2 fully saturated rings. The van der Waals surface area contributed by atoms with Gasteiger partial charge in [0, 0.05) is 22.9 Å². The molecule has 1 heterocycles. The van der Waals surface area contributed by atoms with Crippen LogP contribution in [0.25, 0.3) is 0 Å². The smallest absolute Gasteiger partial charge is 0.315 e. The molecule has 7 heteroatoms. The molecule has 0 bridgehead atoms. The van der Waals surface area contributed by atoms with Gasteiger partial charge in [0.2, 0.25) is 5.89 Å². The van der Waals surface area contributed by atoms with Crippen molar-refractivity contribution in [2.24, 2.45) is 0 Å². The van der Waals surface area contributed by atoms with Gasteiger partial charge in [0.1, 0.15) is 0 Å². The Labute approximate surface area is 138 Å². The highest BCUT2D eigenvalue weighted by Crippen LogP contribution is 2.43. The summed E-state index contributed by atoms with van der Waals surface area (Å²) in [6, 6.07) is 7.65. The Hall–Kier alpha value is -2.08. The molecule has 1 aromatic heterocycles. The van der Waals surface area contributed by atoms with Gasteiger partial charge in [-0.05, 0) is 30.9 Å². The fraction of sp³-hybridized carbons (Fsp3) is 0.438. The number of carbonyl (C=O) groups excluding carboxylic acids is 1. The number of carbonyl (C=O) groups is 1. The zero-order valence-corrected chi connectivity index (χ0v) is 13.2. The molecule has 4 rings (SSSR count). The van der Waals surface area contributed by atoms with Gasteiger partial charge in [0.25, 0.3) is 0 Å². The van der Waals surface area contributed by atoms with Crippen molar-refractivity contribution in [2.75, 3.05) is 0 Å². The third-order valence-electron chi connectivity index (χ3n) is 4.24. The molecule has 2 N–H and O–H groups in total. The second-order valence-corrected chi connectivity index (χ2v) is 6.53. The summed E-state index contributed by atoms with van der Waals surface area (Å²) in [6.45, 7) is 0.245. The summed E-state index contributed by atoms with van der Waals surface area (Å²) >= 11 is 6.18. The normalized spacial score (nSPS) is 22.7. The van der Waals surface area contributed by atoms with Gasteiger partial charge in [-0.15, -0.1) is 0 Å². The summed E-state index contributed by atoms with van der Waals surface area (Å²) in [4.78, 5) is 16.2. The van der Waals surface area contributed by atoms with Crippen LogP contribution in [0.4, 0.5) is 4.79 Å². The molecule has 0 radical (unpaired) electrons. The summed E-state index contributed by atoms with van der Waals surface area (Å²) in [7, 11) is 0. The quantitative estimate of drug-likeness (QED) is 0.882. The first-order valence-electron chi connectivity index (χ1n) is 7.82. The van der Waals surface area contributed by atoms with E-state index >= 15 is 0 Å². The predicted octanol–water partition coefficient (Wildman–Crippen LogP) is 2.96. The zero-order chi connectivity index (χ0) is 15.8. The van der Waals surface area contributed by atoms with Crippen molar-refractivity contribution in [3.8, 4) is 0 Å². The Bertz CT molecular complexity index is 728. The summed E-state index contributed by atoms with van der Waals surface area (Å²) in [5.74, 6) is 1.94. The van der Waals surface area contributed by atoms with Crippen molar-refractivity contribution < 1.29 is 9.32 Å². The first-order chi connectivity index (χ1) is 11.2. The Morgan fingerprint density at radius 1 is 1.35 bits per heavy atom. The van der Waals surface area contributed by atoms with Crippen molar-refractivity contribution in [3.63, 3.8) is 0 Å². The van der Waals surface area contributed by atoms with Crippen LogP contribution >= 0.6 is 11.6 Å². The number of halogens is 1. The maximum absolute atomic E-state index is 11.9. The minimum Gasteiger partial charge on any atom is -0.337 e. The van der Waals surface area contributed by atoms with E-state index in [1.54, 1.807) is 0 Å². The predicted molar refractivity (Wildman–Crippen MR) is 84.2 cm³/mol. The lowest BCUT2D eigenvalue weighted by atomic mass is 10.1. The van der Waals surface area contributed by atoms with Gasteiger partial charge in [0.15, 0.2) is 5.82 Å². The Balaban J connectivity index is 1.25. The molecule has 2 aromatic rings. The maximum Gasteiger partial charge on any atom is 0.315 e. The molecule has 2 atom stereocenters. The van der Waals surface area contributed by atoms with E-state index in [1.807, 2.05) is 24.3 Å². The van der Waals surface area contributed by atoms with Gasteiger partial charge in [-0.3, -0.25) is 0 Å². The summed E-state index contributed by atoms with van der Waals surface area (Å²) in [5.41, 5.74) is 1.09. The molecule has 1 aromatic carbocycles. The molecule has 2 amide bonds. The molecule has 2 saturated carbocycles. The first-order valence-corrected chi connectivity index (χ1v) is 8.20. The standard InChI is InChI=1S/C16H17ClN4O2/c17-12-4-2-1-3-10(12)11-7-13(11)19-16(22)18-8-14-20-15(21-23-14)9-5-6-9/h1-4,9,11,13H,5-8H2,(H2,18,19,22)/t11-,13-/m1/s1. The average Bonchev–Trinajstić information content (AvgIpc) is 3.46. The van der Waals surface area contributed by atoms with E-state index < -0.39 is 0 Å². The van der Waals surface area contributed by atoms with Gasteiger partial charge in [-0.2, -0.15) is 4.98 Å². The zero-order valence-electron chi connectivity index (χ0n) is 12.5. The molecule has 6 nitrogen and oxygen atoms in total. The van der Waals surface area contributed by atoms with Crippen LogP contribution in [-0.2, 0) is 6.54 Å². The van der Waals surface area contributed by atoms with Crippen LogP contribution in [-0.4, -0.2) is 22.2 Å². The molecule has 2 aliphatic rings. The lowest BCUT2D eigenvalue weighted by Crippen LogP contribution is -2.37. The molecule has 2 aliphatic carbocycles. The molecular weight excluding hydrogens is 316 g/mol. The third kappa shape index (κ3) is 3.32. The number of benzene rings is 1. The summed E-state index contributed by atoms with van der Waals surface area (Å²) in [6.07, 6.45) is 3.15. The highest BCUT2D eigenvalue weighted by atomic mass is 35.5. The number of amides is 2. The Morgan fingerprint density at radius 2 is 2.17 bits per heavy atom. The minimum atomic E-state index is -0.226. The number of rotatable bonds is 5. The summed E-state index contributed by atoms with van der Waals surface area (Å²) in [5, 5.41) is 10.4. The van der Waals surface area contributed by atoms with Crippen molar-refractivity contribution in [3.05, 3.63) is 46.6 Å². The lowest BCUT2D eigenvalue weighted by molar-refractivity contribution is 0.238. The van der Waals surface area contributed by atoms with Gasteiger partial charge in [-0.1, -0.05) is 35.0 Å². The second-order valence-electron chi connectivity index (χ2n) is 6.12. The van der Waals surface area contributed by atoms with Gasteiger partial charge in [-0.25, -0.2) is 4.79 Å². The largest absolute Gasteiger partial charge is 0.337 e. The van der Waals surface area contributed by atoms with Crippen LogP contribution < -0.4 is 10.6 Å². The van der Waals surface area contributed by atoms with E-state index in [2.05, 4.69) is 20.8 Å². The van der Waals surface area contributed by atoms with Crippen LogP contribution in [0, 0.1) is 0 Å². The Morgan fingerprint density at radius 3 is 2.96 bits per heavy atom. The van der Waals surface area contributed by atoms with Crippen LogP contribution in [0.5, 0.6) is 0 Å². The van der Waals surface area contributed by atoms with Crippen LogP contribution in [0.2, 0.25) is 5.02 Å². The molecule has 23 heavy (non-hydrogen) atoms. The van der Waals surface area contributed by atoms with E-state index in [0.717, 1.165) is 35.7 Å². The van der Waals surface area contributed by atoms with E-state index in [-0.39, 0.29) is 18.6 Å². The second kappa shape index (κ2) is 5.85. The van der Waals surface area contributed by atoms with Crippen molar-refractivity contribution >= 4 is 17.6 Å². The molecule has 0 saturated heterocycles. The first kappa shape index (κ1) is 14.5. The molecule has 0 unspecified atom stereocenters. The molecule has 0 spiro atoms. The van der Waals surface area contributed by atoms with Crippen LogP contribution in [0.3, 0.4) is 0 Å². The fourth-order valence-corrected chi connectivity index (χ4v) is 2.97. The van der Waals surface area contributed by atoms with Gasteiger partial charge >= 0.3 is 6.03 Å². The number of aromatic nitrogens is 2. The maximum atomic E-state index is 11.9. The van der Waals surface area contributed by atoms with Crippen molar-refractivity contribution in [1.82, 2.24) is 20.8 Å². The fourth-order valence-electron chi connectivity index (χ4n) is 2.70. The molecule has 0 aliphatic heterocycles. The van der Waals surface area contributed by atoms with Gasteiger partial charge in [0.05, 0.1) is 6.54 Å². The number of nitrogens with zero attached hydrogens (tertiary/aromatic N) is 2. The van der Waals surface area contributed by atoms with Gasteiger partial charge < -0.3 is 15.2 Å². The van der Waals surface area contributed by atoms with E-state index in [9.17, 15) is 4.79 Å². The van der Waals surface area contributed by atoms with Crippen LogP contribution in [0.1, 0.15) is 48.4 Å². The van der Waals surface area contributed by atoms with Crippen molar-refractivity contribution in [1.29, 1.82) is 0 Å². The van der Waals surface area contributed by atoms with E-state index in [1.165, 1.54) is 0 Å². The van der Waals surface area contributed by atoms with Crippen molar-refractivity contribution in [2.45, 2.75) is 43.7 Å². The Kier molecular flexibility index (Phi) is 3.69. The van der Waals surface area contributed by atoms with Crippen LogP contribution in [0.15, 0.2) is 28.8 Å². The average molecular weight is 333 g/mol. The highest BCUT2D eigenvalue weighted by molar-refractivity contribution is 6.31. The monoisotopic (exact) mass is 332 g/mol. The SMILES string of the molecule is O=C(NCc1nc(C2CC2)no1)N[C@@H]1C[C@@H]1c1ccccc1Cl. The third-order valence-corrected chi connectivity index (χ3v) is 4.58. The number of hydrogen-bond acceptors (Lipinski definition) is 4. The number of nitrogens with one attached hydrogen (secondary N) is 2.